The molecule has 2 N–H and O–H groups in total. The van der Waals surface area contributed by atoms with Crippen LogP contribution in [0.15, 0.2) is 42.5 Å². The van der Waals surface area contributed by atoms with Crippen LogP contribution in [0.25, 0.3) is 0 Å². The van der Waals surface area contributed by atoms with Crippen molar-refractivity contribution in [3.8, 4) is 5.75 Å². The Labute approximate surface area is 152 Å². The van der Waals surface area contributed by atoms with Gasteiger partial charge in [-0.1, -0.05) is 25.5 Å². The number of rotatable bonds is 8. The third kappa shape index (κ3) is 5.88. The monoisotopic (exact) mass is 358 g/mol. The number of amides is 2. The van der Waals surface area contributed by atoms with Gasteiger partial charge in [-0.05, 0) is 42.3 Å². The summed E-state index contributed by atoms with van der Waals surface area (Å²) in [5, 5.41) is 5.14. The summed E-state index contributed by atoms with van der Waals surface area (Å²) < 4.78 is 19.3. The molecule has 2 aromatic carbocycles. The molecule has 0 fully saturated rings. The number of halogens is 1. The molecule has 0 aliphatic heterocycles. The Bertz CT molecular complexity index is 777. The molecule has 0 spiro atoms. The molecule has 2 aromatic rings. The first-order valence-electron chi connectivity index (χ1n) is 8.56. The molecular formula is C20H23FN2O3. The summed E-state index contributed by atoms with van der Waals surface area (Å²) in [6, 6.07) is 11.4. The van der Waals surface area contributed by atoms with Gasteiger partial charge in [-0.25, -0.2) is 4.39 Å². The van der Waals surface area contributed by atoms with Gasteiger partial charge in [0.25, 0.3) is 5.91 Å². The standard InChI is InChI=1S/C20H23FN2O3/c1-3-4-10-26-17-7-5-6-15(11-17)13-22-20(25)16-8-9-18(21)19(12-16)23-14(2)24/h5-9,11-12H,3-4,10,13H2,1-2H3,(H,22,25)(H,23,24). The first kappa shape index (κ1) is 19.4. The first-order valence-corrected chi connectivity index (χ1v) is 8.56. The molecule has 0 aliphatic rings. The Morgan fingerprint density at radius 2 is 1.96 bits per heavy atom. The number of hydrogen-bond acceptors (Lipinski definition) is 3. The molecule has 0 aromatic heterocycles. The predicted octanol–water partition coefficient (Wildman–Crippen LogP) is 3.89. The average Bonchev–Trinajstić information content (AvgIpc) is 2.62. The lowest BCUT2D eigenvalue weighted by Crippen LogP contribution is -2.23. The first-order chi connectivity index (χ1) is 12.5. The number of carbonyl (C=O) groups is 2. The Hall–Kier alpha value is -2.89. The number of unbranched alkanes of at least 4 members (excludes halogenated alkanes) is 1. The minimum Gasteiger partial charge on any atom is -0.494 e. The zero-order chi connectivity index (χ0) is 18.9. The second-order valence-electron chi connectivity index (χ2n) is 5.91. The van der Waals surface area contributed by atoms with E-state index in [4.69, 9.17) is 4.74 Å². The topological polar surface area (TPSA) is 67.4 Å². The van der Waals surface area contributed by atoms with E-state index in [0.29, 0.717) is 13.2 Å². The van der Waals surface area contributed by atoms with Crippen LogP contribution in [-0.4, -0.2) is 18.4 Å². The summed E-state index contributed by atoms with van der Waals surface area (Å²) in [4.78, 5) is 23.4. The molecule has 6 heteroatoms. The van der Waals surface area contributed by atoms with Gasteiger partial charge >= 0.3 is 0 Å². The van der Waals surface area contributed by atoms with Gasteiger partial charge in [0.05, 0.1) is 12.3 Å². The minimum absolute atomic E-state index is 0.0172. The number of nitrogens with one attached hydrogen (secondary N) is 2. The number of ether oxygens (including phenoxy) is 1. The number of hydrogen-bond donors (Lipinski definition) is 2. The maximum atomic E-state index is 13.7. The van der Waals surface area contributed by atoms with Gasteiger partial charge in [0.15, 0.2) is 0 Å². The second kappa shape index (κ2) is 9.56. The van der Waals surface area contributed by atoms with E-state index in [-0.39, 0.29) is 17.2 Å². The molecule has 0 saturated carbocycles. The van der Waals surface area contributed by atoms with Gasteiger partial charge in [0, 0.05) is 19.0 Å². The van der Waals surface area contributed by atoms with Crippen molar-refractivity contribution < 1.29 is 18.7 Å². The van der Waals surface area contributed by atoms with Crippen LogP contribution in [-0.2, 0) is 11.3 Å². The lowest BCUT2D eigenvalue weighted by molar-refractivity contribution is -0.114. The fraction of sp³-hybridized carbons (Fsp3) is 0.300. The van der Waals surface area contributed by atoms with E-state index in [9.17, 15) is 14.0 Å². The Balaban J connectivity index is 1.98. The number of carbonyl (C=O) groups excluding carboxylic acids is 2. The molecule has 0 bridgehead atoms. The van der Waals surface area contributed by atoms with E-state index in [2.05, 4.69) is 17.6 Å². The predicted molar refractivity (Wildman–Crippen MR) is 98.7 cm³/mol. The molecule has 138 valence electrons. The maximum absolute atomic E-state index is 13.7. The number of benzene rings is 2. The highest BCUT2D eigenvalue weighted by molar-refractivity contribution is 5.96. The van der Waals surface area contributed by atoms with Gasteiger partial charge in [-0.15, -0.1) is 0 Å². The van der Waals surface area contributed by atoms with Crippen molar-refractivity contribution in [3.05, 3.63) is 59.4 Å². The van der Waals surface area contributed by atoms with Crippen LogP contribution in [0.3, 0.4) is 0 Å². The Morgan fingerprint density at radius 1 is 1.15 bits per heavy atom. The van der Waals surface area contributed by atoms with Crippen molar-refractivity contribution in [3.63, 3.8) is 0 Å². The molecule has 0 heterocycles. The second-order valence-corrected chi connectivity index (χ2v) is 5.91. The average molecular weight is 358 g/mol. The van der Waals surface area contributed by atoms with Gasteiger partial charge in [-0.3, -0.25) is 9.59 Å². The van der Waals surface area contributed by atoms with Gasteiger partial charge < -0.3 is 15.4 Å². The SMILES string of the molecule is CCCCOc1cccc(CNC(=O)c2ccc(F)c(NC(C)=O)c2)c1. The Morgan fingerprint density at radius 3 is 2.69 bits per heavy atom. The van der Waals surface area contributed by atoms with Crippen LogP contribution in [0.5, 0.6) is 5.75 Å². The molecule has 0 saturated heterocycles. The third-order valence-corrected chi connectivity index (χ3v) is 3.66. The molecule has 5 nitrogen and oxygen atoms in total. The summed E-state index contributed by atoms with van der Waals surface area (Å²) in [5.41, 5.74) is 1.15. The minimum atomic E-state index is -0.589. The summed E-state index contributed by atoms with van der Waals surface area (Å²) in [7, 11) is 0. The van der Waals surface area contributed by atoms with E-state index in [1.165, 1.54) is 19.1 Å². The lowest BCUT2D eigenvalue weighted by atomic mass is 10.1. The lowest BCUT2D eigenvalue weighted by Gasteiger charge is -2.10. The van der Waals surface area contributed by atoms with Crippen LogP contribution >= 0.6 is 0 Å². The zero-order valence-corrected chi connectivity index (χ0v) is 15.0. The van der Waals surface area contributed by atoms with E-state index in [1.807, 2.05) is 24.3 Å². The van der Waals surface area contributed by atoms with Crippen molar-refractivity contribution in [1.29, 1.82) is 0 Å². The fourth-order valence-corrected chi connectivity index (χ4v) is 2.32. The van der Waals surface area contributed by atoms with E-state index < -0.39 is 11.7 Å². The van der Waals surface area contributed by atoms with Crippen molar-refractivity contribution >= 4 is 17.5 Å². The molecule has 0 aliphatic carbocycles. The maximum Gasteiger partial charge on any atom is 0.251 e. The molecule has 0 atom stereocenters. The summed E-state index contributed by atoms with van der Waals surface area (Å²) >= 11 is 0. The van der Waals surface area contributed by atoms with E-state index in [0.717, 1.165) is 30.2 Å². The smallest absolute Gasteiger partial charge is 0.251 e. The van der Waals surface area contributed by atoms with Crippen LogP contribution in [0.1, 0.15) is 42.6 Å². The van der Waals surface area contributed by atoms with E-state index in [1.54, 1.807) is 0 Å². The third-order valence-electron chi connectivity index (χ3n) is 3.66. The van der Waals surface area contributed by atoms with Crippen molar-refractivity contribution in [2.45, 2.75) is 33.2 Å². The van der Waals surface area contributed by atoms with Gasteiger partial charge in [0.2, 0.25) is 5.91 Å². The molecule has 0 radical (unpaired) electrons. The van der Waals surface area contributed by atoms with Crippen molar-refractivity contribution in [2.24, 2.45) is 0 Å². The van der Waals surface area contributed by atoms with Crippen molar-refractivity contribution in [1.82, 2.24) is 5.32 Å². The molecule has 2 rings (SSSR count). The number of anilines is 1. The van der Waals surface area contributed by atoms with Gasteiger partial charge in [-0.2, -0.15) is 0 Å². The highest BCUT2D eigenvalue weighted by Gasteiger charge is 2.11. The van der Waals surface area contributed by atoms with E-state index >= 15 is 0 Å². The quantitative estimate of drug-likeness (QED) is 0.704. The fourth-order valence-electron chi connectivity index (χ4n) is 2.32. The van der Waals surface area contributed by atoms with Gasteiger partial charge in [0.1, 0.15) is 11.6 Å². The molecule has 26 heavy (non-hydrogen) atoms. The largest absolute Gasteiger partial charge is 0.494 e. The summed E-state index contributed by atoms with van der Waals surface area (Å²) in [6.45, 7) is 4.36. The van der Waals surface area contributed by atoms with Crippen LogP contribution < -0.4 is 15.4 Å². The van der Waals surface area contributed by atoms with Crippen LogP contribution in [0.4, 0.5) is 10.1 Å². The van der Waals surface area contributed by atoms with Crippen LogP contribution in [0, 0.1) is 5.82 Å². The van der Waals surface area contributed by atoms with Crippen LogP contribution in [0.2, 0.25) is 0 Å². The zero-order valence-electron chi connectivity index (χ0n) is 15.0. The Kier molecular flexibility index (Phi) is 7.14. The normalized spacial score (nSPS) is 10.3. The highest BCUT2D eigenvalue weighted by Crippen LogP contribution is 2.17. The molecular weight excluding hydrogens is 335 g/mol. The molecule has 0 unspecified atom stereocenters. The molecule has 2 amide bonds. The summed E-state index contributed by atoms with van der Waals surface area (Å²) in [5.74, 6) is -0.580. The summed E-state index contributed by atoms with van der Waals surface area (Å²) in [6.07, 6.45) is 2.05. The van der Waals surface area contributed by atoms with Crippen molar-refractivity contribution in [2.75, 3.05) is 11.9 Å². The highest BCUT2D eigenvalue weighted by atomic mass is 19.1.